The minimum atomic E-state index is 0.262. The molecule has 0 bridgehead atoms. The molecule has 0 radical (unpaired) electrons. The lowest BCUT2D eigenvalue weighted by Gasteiger charge is -2.32. The van der Waals surface area contributed by atoms with Crippen molar-refractivity contribution in [1.82, 2.24) is 15.0 Å². The molecule has 3 rings (SSSR count). The maximum Gasteiger partial charge on any atom is 0.226 e. The maximum atomic E-state index is 12.4. The summed E-state index contributed by atoms with van der Waals surface area (Å²) in [6, 6.07) is 8.84. The van der Waals surface area contributed by atoms with Crippen molar-refractivity contribution in [3.8, 4) is 0 Å². The topological polar surface area (TPSA) is 59.2 Å². The molecule has 1 aliphatic heterocycles. The third kappa shape index (κ3) is 5.41. The van der Waals surface area contributed by atoms with E-state index < -0.39 is 0 Å². The average molecular weight is 355 g/mol. The summed E-state index contributed by atoms with van der Waals surface area (Å²) < 4.78 is 5.09. The first kappa shape index (κ1) is 18.6. The van der Waals surface area contributed by atoms with Gasteiger partial charge in [0.15, 0.2) is 5.82 Å². The highest BCUT2D eigenvalue weighted by Gasteiger charge is 2.22. The van der Waals surface area contributed by atoms with Gasteiger partial charge in [0, 0.05) is 25.9 Å². The van der Waals surface area contributed by atoms with Gasteiger partial charge >= 0.3 is 0 Å². The van der Waals surface area contributed by atoms with Gasteiger partial charge in [0.05, 0.1) is 0 Å². The van der Waals surface area contributed by atoms with Crippen LogP contribution in [0.3, 0.4) is 0 Å². The Morgan fingerprint density at radius 3 is 2.54 bits per heavy atom. The molecule has 0 aliphatic carbocycles. The van der Waals surface area contributed by atoms with Gasteiger partial charge in [-0.05, 0) is 57.4 Å². The van der Waals surface area contributed by atoms with Crippen LogP contribution in [0.4, 0.5) is 0 Å². The number of carbonyl (C=O) groups excluding carboxylic acids is 1. The first-order chi connectivity index (χ1) is 12.6. The molecule has 1 fully saturated rings. The molecule has 26 heavy (non-hydrogen) atoms. The molecule has 1 aromatic carbocycles. The smallest absolute Gasteiger partial charge is 0.226 e. The predicted octanol–water partition coefficient (Wildman–Crippen LogP) is 3.88. The average Bonchev–Trinajstić information content (AvgIpc) is 3.07. The van der Waals surface area contributed by atoms with E-state index in [0.29, 0.717) is 24.6 Å². The Bertz CT molecular complexity index is 700. The van der Waals surface area contributed by atoms with Gasteiger partial charge in [-0.25, -0.2) is 0 Å². The molecule has 2 aromatic rings. The molecule has 0 spiro atoms. The van der Waals surface area contributed by atoms with Crippen LogP contribution in [0.1, 0.15) is 54.9 Å². The molecular weight excluding hydrogens is 326 g/mol. The number of likely N-dealkylation sites (tertiary alicyclic amines) is 1. The number of hydrogen-bond donors (Lipinski definition) is 0. The quantitative estimate of drug-likeness (QED) is 0.756. The van der Waals surface area contributed by atoms with Crippen molar-refractivity contribution >= 4 is 5.91 Å². The van der Waals surface area contributed by atoms with Gasteiger partial charge in [0.2, 0.25) is 11.8 Å². The zero-order valence-electron chi connectivity index (χ0n) is 15.9. The van der Waals surface area contributed by atoms with Crippen LogP contribution in [0, 0.1) is 19.8 Å². The number of aryl methyl sites for hydroxylation is 4. The molecule has 5 heteroatoms. The van der Waals surface area contributed by atoms with Crippen molar-refractivity contribution in [3.63, 3.8) is 0 Å². The second kappa shape index (κ2) is 8.97. The van der Waals surface area contributed by atoms with Crippen LogP contribution in [0.15, 0.2) is 28.8 Å². The molecule has 1 amide bonds. The second-order valence-electron chi connectivity index (χ2n) is 7.44. The third-order valence-electron chi connectivity index (χ3n) is 5.28. The summed E-state index contributed by atoms with van der Waals surface area (Å²) in [5.74, 6) is 2.28. The number of benzene rings is 1. The number of hydrogen-bond acceptors (Lipinski definition) is 4. The van der Waals surface area contributed by atoms with E-state index >= 15 is 0 Å². The minimum absolute atomic E-state index is 0.262. The molecule has 0 saturated carbocycles. The fourth-order valence-corrected chi connectivity index (χ4v) is 3.59. The van der Waals surface area contributed by atoms with Crippen molar-refractivity contribution in [2.24, 2.45) is 5.92 Å². The van der Waals surface area contributed by atoms with Crippen molar-refractivity contribution in [3.05, 3.63) is 47.1 Å². The maximum absolute atomic E-state index is 12.4. The Balaban J connectivity index is 1.33. The zero-order chi connectivity index (χ0) is 18.4. The lowest BCUT2D eigenvalue weighted by molar-refractivity contribution is -0.132. The summed E-state index contributed by atoms with van der Waals surface area (Å²) in [4.78, 5) is 18.6. The SMILES string of the molecule is Cc1ccc(CCC2CCN(C(=O)CCCc3nc(C)no3)CC2)cc1. The van der Waals surface area contributed by atoms with Crippen LogP contribution in [0.2, 0.25) is 0 Å². The summed E-state index contributed by atoms with van der Waals surface area (Å²) in [5, 5.41) is 3.77. The van der Waals surface area contributed by atoms with Gasteiger partial charge in [-0.2, -0.15) is 4.98 Å². The van der Waals surface area contributed by atoms with E-state index in [4.69, 9.17) is 4.52 Å². The largest absolute Gasteiger partial charge is 0.343 e. The van der Waals surface area contributed by atoms with Crippen LogP contribution < -0.4 is 0 Å². The molecule has 0 unspecified atom stereocenters. The van der Waals surface area contributed by atoms with E-state index in [0.717, 1.165) is 44.7 Å². The van der Waals surface area contributed by atoms with Crippen molar-refractivity contribution in [2.75, 3.05) is 13.1 Å². The Hall–Kier alpha value is -2.17. The Labute approximate surface area is 155 Å². The highest BCUT2D eigenvalue weighted by Crippen LogP contribution is 2.23. The molecule has 0 N–H and O–H groups in total. The van der Waals surface area contributed by atoms with Crippen LogP contribution in [0.5, 0.6) is 0 Å². The van der Waals surface area contributed by atoms with Crippen LogP contribution >= 0.6 is 0 Å². The van der Waals surface area contributed by atoms with Gasteiger partial charge in [-0.15, -0.1) is 0 Å². The lowest BCUT2D eigenvalue weighted by atomic mass is 9.90. The second-order valence-corrected chi connectivity index (χ2v) is 7.44. The van der Waals surface area contributed by atoms with Crippen molar-refractivity contribution in [2.45, 2.75) is 58.8 Å². The summed E-state index contributed by atoms with van der Waals surface area (Å²) in [6.45, 7) is 5.73. The fraction of sp³-hybridized carbons (Fsp3) is 0.571. The minimum Gasteiger partial charge on any atom is -0.343 e. The Kier molecular flexibility index (Phi) is 6.42. The third-order valence-corrected chi connectivity index (χ3v) is 5.28. The van der Waals surface area contributed by atoms with Gasteiger partial charge in [0.1, 0.15) is 0 Å². The van der Waals surface area contributed by atoms with E-state index in [1.54, 1.807) is 6.92 Å². The molecule has 0 atom stereocenters. The predicted molar refractivity (Wildman–Crippen MR) is 101 cm³/mol. The van der Waals surface area contributed by atoms with Gasteiger partial charge < -0.3 is 9.42 Å². The number of amides is 1. The molecule has 2 heterocycles. The molecule has 1 aliphatic rings. The zero-order valence-corrected chi connectivity index (χ0v) is 15.9. The highest BCUT2D eigenvalue weighted by atomic mass is 16.5. The fourth-order valence-electron chi connectivity index (χ4n) is 3.59. The van der Waals surface area contributed by atoms with E-state index in [9.17, 15) is 4.79 Å². The number of rotatable bonds is 7. The molecule has 140 valence electrons. The molecule has 1 aromatic heterocycles. The molecule has 1 saturated heterocycles. The Morgan fingerprint density at radius 1 is 1.15 bits per heavy atom. The van der Waals surface area contributed by atoms with Gasteiger partial charge in [0.25, 0.3) is 0 Å². The van der Waals surface area contributed by atoms with Crippen LogP contribution in [-0.4, -0.2) is 34.0 Å². The van der Waals surface area contributed by atoms with Crippen LogP contribution in [-0.2, 0) is 17.6 Å². The number of aromatic nitrogens is 2. The van der Waals surface area contributed by atoms with E-state index in [2.05, 4.69) is 41.3 Å². The normalized spacial score (nSPS) is 15.4. The highest BCUT2D eigenvalue weighted by molar-refractivity contribution is 5.76. The monoisotopic (exact) mass is 355 g/mol. The first-order valence-electron chi connectivity index (χ1n) is 9.72. The number of carbonyl (C=O) groups is 1. The summed E-state index contributed by atoms with van der Waals surface area (Å²) in [7, 11) is 0. The van der Waals surface area contributed by atoms with Crippen molar-refractivity contribution in [1.29, 1.82) is 0 Å². The lowest BCUT2D eigenvalue weighted by Crippen LogP contribution is -2.38. The van der Waals surface area contributed by atoms with Crippen molar-refractivity contribution < 1.29 is 9.32 Å². The van der Waals surface area contributed by atoms with Gasteiger partial charge in [-0.1, -0.05) is 35.0 Å². The summed E-state index contributed by atoms with van der Waals surface area (Å²) in [5.41, 5.74) is 2.74. The van der Waals surface area contributed by atoms with Gasteiger partial charge in [-0.3, -0.25) is 4.79 Å². The van der Waals surface area contributed by atoms with E-state index in [1.165, 1.54) is 17.5 Å². The number of piperidine rings is 1. The standard InChI is InChI=1S/C21H29N3O2/c1-16-6-8-18(9-7-16)10-11-19-12-14-24(15-13-19)21(25)5-3-4-20-22-17(2)23-26-20/h6-9,19H,3-5,10-15H2,1-2H3. The summed E-state index contributed by atoms with van der Waals surface area (Å²) in [6.07, 6.45) is 6.63. The molecule has 5 nitrogen and oxygen atoms in total. The number of nitrogens with zero attached hydrogens (tertiary/aromatic N) is 3. The van der Waals surface area contributed by atoms with Crippen LogP contribution in [0.25, 0.3) is 0 Å². The first-order valence-corrected chi connectivity index (χ1v) is 9.72. The summed E-state index contributed by atoms with van der Waals surface area (Å²) >= 11 is 0. The van der Waals surface area contributed by atoms with E-state index in [-0.39, 0.29) is 5.91 Å². The molecular formula is C21H29N3O2. The Morgan fingerprint density at radius 2 is 1.88 bits per heavy atom. The van der Waals surface area contributed by atoms with E-state index in [1.807, 2.05) is 4.90 Å².